The first kappa shape index (κ1) is 33.0. The molecule has 41 heavy (non-hydrogen) atoms. The second-order valence-electron chi connectivity index (χ2n) is 10.4. The molecule has 0 radical (unpaired) electrons. The minimum Gasteiger partial charge on any atom is -0.480 e. The van der Waals surface area contributed by atoms with E-state index in [2.05, 4.69) is 25.9 Å². The predicted octanol–water partition coefficient (Wildman–Crippen LogP) is -0.943. The molecule has 14 nitrogen and oxygen atoms in total. The van der Waals surface area contributed by atoms with Crippen molar-refractivity contribution in [1.82, 2.24) is 20.9 Å². The number of aliphatic hydroxyl groups is 1. The monoisotopic (exact) mass is 574 g/mol. The highest BCUT2D eigenvalue weighted by Gasteiger charge is 2.33. The number of aliphatic hydroxyl groups excluding tert-OH is 1. The van der Waals surface area contributed by atoms with Crippen LogP contribution in [0.3, 0.4) is 0 Å². The number of aliphatic imine (C=N–C) groups is 1. The molecule has 14 heteroatoms. The second kappa shape index (κ2) is 15.6. The van der Waals surface area contributed by atoms with E-state index in [0.717, 1.165) is 16.5 Å². The number of para-hydroxylation sites is 1. The molecule has 0 saturated heterocycles. The van der Waals surface area contributed by atoms with Crippen LogP contribution in [0.4, 0.5) is 0 Å². The van der Waals surface area contributed by atoms with Gasteiger partial charge in [0.1, 0.15) is 18.1 Å². The third-order valence-electron chi connectivity index (χ3n) is 6.42. The molecule has 0 aliphatic rings. The molecule has 0 bridgehead atoms. The number of hydrogen-bond donors (Lipinski definition) is 9. The van der Waals surface area contributed by atoms with Crippen LogP contribution in [0.1, 0.15) is 45.6 Å². The number of fused-ring (bicyclic) bond motifs is 1. The number of carbonyl (C=O) groups excluding carboxylic acids is 3. The van der Waals surface area contributed by atoms with Crippen LogP contribution in [0.5, 0.6) is 0 Å². The lowest BCUT2D eigenvalue weighted by Crippen LogP contribution is -2.60. The summed E-state index contributed by atoms with van der Waals surface area (Å²) in [6.45, 7) is 5.28. The zero-order valence-corrected chi connectivity index (χ0v) is 23.6. The molecule has 0 aliphatic heterocycles. The maximum Gasteiger partial charge on any atom is 0.326 e. The number of nitrogens with zero attached hydrogens (tertiary/aromatic N) is 1. The Labute approximate surface area is 238 Å². The molecule has 5 atom stereocenters. The molecular formula is C27H42N8O6. The van der Waals surface area contributed by atoms with Gasteiger partial charge in [0.15, 0.2) is 5.96 Å². The van der Waals surface area contributed by atoms with E-state index < -0.39 is 54.0 Å². The Morgan fingerprint density at radius 1 is 0.976 bits per heavy atom. The van der Waals surface area contributed by atoms with Crippen molar-refractivity contribution >= 4 is 40.6 Å². The fourth-order valence-corrected chi connectivity index (χ4v) is 4.30. The maximum atomic E-state index is 13.5. The normalized spacial score (nSPS) is 14.9. The molecular weight excluding hydrogens is 532 g/mol. The molecule has 2 rings (SSSR count). The van der Waals surface area contributed by atoms with Crippen molar-refractivity contribution in [3.8, 4) is 0 Å². The van der Waals surface area contributed by atoms with E-state index in [-0.39, 0.29) is 37.7 Å². The Morgan fingerprint density at radius 3 is 2.24 bits per heavy atom. The number of hydrogen-bond acceptors (Lipinski definition) is 7. The van der Waals surface area contributed by atoms with Gasteiger partial charge in [0.05, 0.1) is 12.1 Å². The Kier molecular flexibility index (Phi) is 12.5. The SMILES string of the molecule is CC(C)CC(N)C(=O)NC(Cc1c[nH]c2ccccc12)C(=O)NC(C(=O)NC(CCCN=C(N)N)C(=O)O)C(C)O. The lowest BCUT2D eigenvalue weighted by atomic mass is 10.0. The van der Waals surface area contributed by atoms with E-state index in [0.29, 0.717) is 6.42 Å². The number of nitrogens with two attached hydrogens (primary N) is 3. The molecule has 1 heterocycles. The van der Waals surface area contributed by atoms with Gasteiger partial charge in [0, 0.05) is 30.1 Å². The number of aliphatic carboxylic acids is 1. The molecule has 3 amide bonds. The first-order valence-electron chi connectivity index (χ1n) is 13.5. The maximum absolute atomic E-state index is 13.5. The quantitative estimate of drug-likeness (QED) is 0.0680. The highest BCUT2D eigenvalue weighted by atomic mass is 16.4. The van der Waals surface area contributed by atoms with Gasteiger partial charge >= 0.3 is 5.97 Å². The van der Waals surface area contributed by atoms with E-state index in [1.807, 2.05) is 38.1 Å². The van der Waals surface area contributed by atoms with Gasteiger partial charge in [-0.05, 0) is 43.7 Å². The number of H-pyrrole nitrogens is 1. The average Bonchev–Trinajstić information content (AvgIpc) is 3.30. The van der Waals surface area contributed by atoms with E-state index in [9.17, 15) is 29.4 Å². The molecule has 226 valence electrons. The second-order valence-corrected chi connectivity index (χ2v) is 10.4. The predicted molar refractivity (Wildman–Crippen MR) is 154 cm³/mol. The number of carbonyl (C=O) groups is 4. The van der Waals surface area contributed by atoms with E-state index >= 15 is 0 Å². The third-order valence-corrected chi connectivity index (χ3v) is 6.42. The van der Waals surface area contributed by atoms with Crippen molar-refractivity contribution in [1.29, 1.82) is 0 Å². The smallest absolute Gasteiger partial charge is 0.326 e. The lowest BCUT2D eigenvalue weighted by Gasteiger charge is -2.26. The Morgan fingerprint density at radius 2 is 1.63 bits per heavy atom. The Hall–Kier alpha value is -4.17. The highest BCUT2D eigenvalue weighted by molar-refractivity contribution is 5.95. The van der Waals surface area contributed by atoms with Crippen LogP contribution in [0, 0.1) is 5.92 Å². The standard InChI is InChI=1S/C27H42N8O6/c1-14(2)11-18(28)23(37)34-21(12-16-13-32-19-8-5-4-7-17(16)19)24(38)35-22(15(3)36)25(39)33-20(26(40)41)9-6-10-31-27(29)30/h4-5,7-8,13-15,18,20-22,32,36H,6,9-12,28H2,1-3H3,(H,33,39)(H,34,37)(H,35,38)(H,40,41)(H4,29,30,31). The largest absolute Gasteiger partial charge is 0.480 e. The summed E-state index contributed by atoms with van der Waals surface area (Å²) in [6, 6.07) is 2.61. The summed E-state index contributed by atoms with van der Waals surface area (Å²) in [5, 5.41) is 28.2. The minimum atomic E-state index is -1.51. The molecule has 0 aliphatic carbocycles. The molecule has 2 aromatic rings. The third kappa shape index (κ3) is 10.4. The van der Waals surface area contributed by atoms with Crippen LogP contribution in [-0.2, 0) is 25.6 Å². The van der Waals surface area contributed by atoms with Crippen molar-refractivity contribution in [2.24, 2.45) is 28.1 Å². The first-order valence-corrected chi connectivity index (χ1v) is 13.5. The topological polar surface area (TPSA) is 251 Å². The Bertz CT molecular complexity index is 1220. The van der Waals surface area contributed by atoms with Crippen molar-refractivity contribution in [2.45, 2.75) is 76.7 Å². The van der Waals surface area contributed by atoms with Crippen molar-refractivity contribution < 1.29 is 29.4 Å². The van der Waals surface area contributed by atoms with Gasteiger partial charge in [0.2, 0.25) is 17.7 Å². The van der Waals surface area contributed by atoms with Crippen LogP contribution < -0.4 is 33.2 Å². The fraction of sp³-hybridized carbons (Fsp3) is 0.519. The highest BCUT2D eigenvalue weighted by Crippen LogP contribution is 2.19. The number of rotatable bonds is 16. The minimum absolute atomic E-state index is 0.00527. The molecule has 0 saturated carbocycles. The molecule has 1 aromatic heterocycles. The van der Waals surface area contributed by atoms with Crippen molar-refractivity contribution in [3.63, 3.8) is 0 Å². The van der Waals surface area contributed by atoms with E-state index in [1.165, 1.54) is 6.92 Å². The van der Waals surface area contributed by atoms with Gasteiger partial charge in [0.25, 0.3) is 0 Å². The summed E-state index contributed by atoms with van der Waals surface area (Å²) in [4.78, 5) is 58.0. The Balaban J connectivity index is 2.23. The van der Waals surface area contributed by atoms with Gasteiger partial charge in [-0.1, -0.05) is 32.0 Å². The number of nitrogens with one attached hydrogen (secondary N) is 4. The van der Waals surface area contributed by atoms with Gasteiger partial charge in [-0.15, -0.1) is 0 Å². The van der Waals surface area contributed by atoms with Crippen LogP contribution in [0.25, 0.3) is 10.9 Å². The zero-order valence-electron chi connectivity index (χ0n) is 23.6. The average molecular weight is 575 g/mol. The summed E-state index contributed by atoms with van der Waals surface area (Å²) < 4.78 is 0. The van der Waals surface area contributed by atoms with Gasteiger partial charge < -0.3 is 48.3 Å². The summed E-state index contributed by atoms with van der Waals surface area (Å²) >= 11 is 0. The summed E-state index contributed by atoms with van der Waals surface area (Å²) in [5.41, 5.74) is 18.2. The van der Waals surface area contributed by atoms with Gasteiger partial charge in [-0.2, -0.15) is 0 Å². The molecule has 12 N–H and O–H groups in total. The zero-order chi connectivity index (χ0) is 30.7. The molecule has 1 aromatic carbocycles. The summed E-state index contributed by atoms with van der Waals surface area (Å²) in [6.07, 6.45) is 1.06. The van der Waals surface area contributed by atoms with Gasteiger partial charge in [-0.25, -0.2) is 4.79 Å². The van der Waals surface area contributed by atoms with Crippen LogP contribution in [-0.4, -0.2) is 81.7 Å². The number of aromatic amines is 1. The summed E-state index contributed by atoms with van der Waals surface area (Å²) in [5.74, 6) is -3.50. The van der Waals surface area contributed by atoms with Crippen molar-refractivity contribution in [2.75, 3.05) is 6.54 Å². The number of amides is 3. The number of aromatic nitrogens is 1. The number of guanidine groups is 1. The van der Waals surface area contributed by atoms with Crippen LogP contribution in [0.2, 0.25) is 0 Å². The molecule has 0 fully saturated rings. The van der Waals surface area contributed by atoms with E-state index in [4.69, 9.17) is 17.2 Å². The van der Waals surface area contributed by atoms with Crippen LogP contribution >= 0.6 is 0 Å². The van der Waals surface area contributed by atoms with E-state index in [1.54, 1.807) is 6.20 Å². The van der Waals surface area contributed by atoms with Gasteiger partial charge in [-0.3, -0.25) is 19.4 Å². The number of carboxylic acids is 1. The lowest BCUT2D eigenvalue weighted by molar-refractivity contribution is -0.143. The molecule has 0 spiro atoms. The van der Waals surface area contributed by atoms with Crippen molar-refractivity contribution in [3.05, 3.63) is 36.0 Å². The number of carboxylic acid groups (broad SMARTS) is 1. The summed E-state index contributed by atoms with van der Waals surface area (Å²) in [7, 11) is 0. The first-order chi connectivity index (χ1) is 19.3. The molecule has 5 unspecified atom stereocenters. The fourth-order valence-electron chi connectivity index (χ4n) is 4.30. The van der Waals surface area contributed by atoms with Crippen LogP contribution in [0.15, 0.2) is 35.5 Å². The number of benzene rings is 1.